The topological polar surface area (TPSA) is 218 Å². The lowest BCUT2D eigenvalue weighted by molar-refractivity contribution is 0.398. The smallest absolute Gasteiger partial charge is 0.248 e. The molecule has 0 saturated carbocycles. The Kier molecular flexibility index (Phi) is 12.6. The van der Waals surface area contributed by atoms with E-state index in [0.29, 0.717) is 54.6 Å². The van der Waals surface area contributed by atoms with Crippen molar-refractivity contribution in [2.45, 2.75) is 65.0 Å². The summed E-state index contributed by atoms with van der Waals surface area (Å²) < 4.78 is 5.29. The molecule has 0 bridgehead atoms. The van der Waals surface area contributed by atoms with Gasteiger partial charge in [0.1, 0.15) is 47.2 Å². The van der Waals surface area contributed by atoms with Crippen molar-refractivity contribution in [2.24, 2.45) is 0 Å². The number of aromatic nitrogens is 10. The number of hydrogen-bond acceptors (Lipinski definition) is 15. The first-order valence-corrected chi connectivity index (χ1v) is 21.9. The van der Waals surface area contributed by atoms with Gasteiger partial charge in [-0.1, -0.05) is 12.1 Å². The van der Waals surface area contributed by atoms with Gasteiger partial charge in [-0.3, -0.25) is 4.79 Å². The number of nitrogens with zero attached hydrogens (tertiary/aromatic N) is 9. The van der Waals surface area contributed by atoms with E-state index in [-0.39, 0.29) is 5.56 Å². The Balaban J connectivity index is 0.000000164. The molecule has 0 unspecified atom stereocenters. The molecule has 18 heteroatoms. The van der Waals surface area contributed by atoms with Crippen LogP contribution in [0.2, 0.25) is 0 Å². The first kappa shape index (κ1) is 42.8. The van der Waals surface area contributed by atoms with E-state index in [4.69, 9.17) is 14.7 Å². The standard InChI is InChI=1S/C24H28N8O.C23H26N8O/c1-15-12-32(13-16(2)30-15)20-6-4-5-18(31-20)10-26-23-22-19(11-27-24(22)29-14-28-23)17-7-8-25-21(9-17)33-3;1-14-11-31(12-15(2)29-14)19-5-3-4-17(30-19)9-25-22-21-18(10-26-23(21)28-13-27-22)16-6-7-24-20(32)8-16/h4-9,11,14-16,30H,10,12-13H2,1-3H3,(H2,26,27,28,29);3-8,10,13-15,29H,9,11-12H2,1-2H3,(H,24,32)(H2,25,26,27,28)/t15-,16+;14-,15+. The molecule has 2 aliphatic rings. The number of H-pyrrole nitrogens is 3. The van der Waals surface area contributed by atoms with Gasteiger partial charge in [-0.25, -0.2) is 34.9 Å². The molecule has 8 aromatic rings. The lowest BCUT2D eigenvalue weighted by Gasteiger charge is -2.37. The van der Waals surface area contributed by atoms with Gasteiger partial charge in [0.05, 0.1) is 42.4 Å². The maximum absolute atomic E-state index is 11.8. The predicted molar refractivity (Wildman–Crippen MR) is 255 cm³/mol. The van der Waals surface area contributed by atoms with Crippen LogP contribution in [0.15, 0.2) is 103 Å². The number of ether oxygens (including phenoxy) is 1. The van der Waals surface area contributed by atoms with Crippen molar-refractivity contribution in [1.82, 2.24) is 60.5 Å². The number of methoxy groups -OCH3 is 1. The second-order valence-corrected chi connectivity index (χ2v) is 16.8. The van der Waals surface area contributed by atoms with Gasteiger partial charge in [0, 0.05) is 98.4 Å². The molecule has 4 atom stereocenters. The number of rotatable bonds is 11. The van der Waals surface area contributed by atoms with Crippen LogP contribution in [0.25, 0.3) is 44.3 Å². The van der Waals surface area contributed by atoms with Crippen molar-refractivity contribution in [3.63, 3.8) is 0 Å². The van der Waals surface area contributed by atoms with Gasteiger partial charge in [0.15, 0.2) is 0 Å². The van der Waals surface area contributed by atoms with E-state index in [1.54, 1.807) is 31.9 Å². The van der Waals surface area contributed by atoms with Crippen molar-refractivity contribution in [2.75, 3.05) is 53.7 Å². The molecule has 0 aliphatic carbocycles. The van der Waals surface area contributed by atoms with Crippen LogP contribution in [-0.4, -0.2) is 107 Å². The molecule has 2 aliphatic heterocycles. The normalized spacial score (nSPS) is 18.6. The van der Waals surface area contributed by atoms with Crippen LogP contribution in [0.1, 0.15) is 39.1 Å². The van der Waals surface area contributed by atoms with Crippen molar-refractivity contribution in [3.05, 3.63) is 120 Å². The van der Waals surface area contributed by atoms with Crippen LogP contribution >= 0.6 is 0 Å². The fourth-order valence-electron chi connectivity index (χ4n) is 8.81. The van der Waals surface area contributed by atoms with Crippen LogP contribution in [0.5, 0.6) is 5.88 Å². The highest BCUT2D eigenvalue weighted by Crippen LogP contribution is 2.34. The van der Waals surface area contributed by atoms with E-state index >= 15 is 0 Å². The quantitative estimate of drug-likeness (QED) is 0.0826. The second-order valence-electron chi connectivity index (χ2n) is 16.8. The van der Waals surface area contributed by atoms with Gasteiger partial charge >= 0.3 is 0 Å². The molecule has 8 aromatic heterocycles. The fourth-order valence-corrected chi connectivity index (χ4v) is 8.81. The number of fused-ring (bicyclic) bond motifs is 2. The molecular formula is C47H54N16O2. The summed E-state index contributed by atoms with van der Waals surface area (Å²) in [4.78, 5) is 57.2. The largest absolute Gasteiger partial charge is 0.481 e. The Morgan fingerprint density at radius 1 is 0.631 bits per heavy atom. The van der Waals surface area contributed by atoms with E-state index in [9.17, 15) is 4.79 Å². The molecule has 2 saturated heterocycles. The summed E-state index contributed by atoms with van der Waals surface area (Å²) in [5.74, 6) is 4.01. The minimum Gasteiger partial charge on any atom is -0.481 e. The van der Waals surface area contributed by atoms with Crippen molar-refractivity contribution < 1.29 is 4.74 Å². The zero-order chi connectivity index (χ0) is 44.9. The Morgan fingerprint density at radius 3 is 1.63 bits per heavy atom. The summed E-state index contributed by atoms with van der Waals surface area (Å²) in [6, 6.07) is 21.3. The highest BCUT2D eigenvalue weighted by Gasteiger charge is 2.24. The van der Waals surface area contributed by atoms with E-state index in [2.05, 4.69) is 117 Å². The monoisotopic (exact) mass is 874 g/mol. The summed E-state index contributed by atoms with van der Waals surface area (Å²) in [6.45, 7) is 13.7. The Morgan fingerprint density at radius 2 is 1.14 bits per heavy atom. The molecule has 65 heavy (non-hydrogen) atoms. The Bertz CT molecular complexity index is 2930. The number of hydrogen-bond donors (Lipinski definition) is 7. The lowest BCUT2D eigenvalue weighted by Crippen LogP contribution is -2.54. The van der Waals surface area contributed by atoms with Crippen molar-refractivity contribution in [3.8, 4) is 28.1 Å². The third kappa shape index (κ3) is 9.88. The molecule has 0 radical (unpaired) electrons. The molecule has 10 heterocycles. The number of anilines is 4. The van der Waals surface area contributed by atoms with Crippen molar-refractivity contribution in [1.29, 1.82) is 0 Å². The molecule has 18 nitrogen and oxygen atoms in total. The van der Waals surface area contributed by atoms with Crippen LogP contribution in [0.3, 0.4) is 0 Å². The summed E-state index contributed by atoms with van der Waals surface area (Å²) in [5, 5.41) is 15.8. The molecule has 2 fully saturated rings. The summed E-state index contributed by atoms with van der Waals surface area (Å²) in [7, 11) is 1.61. The lowest BCUT2D eigenvalue weighted by atomic mass is 10.1. The first-order valence-electron chi connectivity index (χ1n) is 21.9. The zero-order valence-corrected chi connectivity index (χ0v) is 37.1. The minimum atomic E-state index is -0.152. The van der Waals surface area contributed by atoms with Gasteiger partial charge in [-0.15, -0.1) is 0 Å². The number of pyridine rings is 4. The minimum absolute atomic E-state index is 0.152. The second kappa shape index (κ2) is 19.1. The number of piperazine rings is 2. The first-order chi connectivity index (χ1) is 31.7. The van der Waals surface area contributed by atoms with Gasteiger partial charge < -0.3 is 50.8 Å². The highest BCUT2D eigenvalue weighted by atomic mass is 16.5. The summed E-state index contributed by atoms with van der Waals surface area (Å²) in [5.41, 5.74) is 6.86. The third-order valence-corrected chi connectivity index (χ3v) is 11.5. The predicted octanol–water partition coefficient (Wildman–Crippen LogP) is 5.73. The van der Waals surface area contributed by atoms with Gasteiger partial charge in [0.25, 0.3) is 0 Å². The molecule has 0 amide bonds. The van der Waals surface area contributed by atoms with Crippen LogP contribution in [0.4, 0.5) is 23.3 Å². The van der Waals surface area contributed by atoms with Crippen molar-refractivity contribution >= 4 is 45.3 Å². The maximum atomic E-state index is 11.8. The molecule has 7 N–H and O–H groups in total. The van der Waals surface area contributed by atoms with Gasteiger partial charge in [0.2, 0.25) is 11.4 Å². The molecular weight excluding hydrogens is 821 g/mol. The van der Waals surface area contributed by atoms with E-state index in [0.717, 1.165) is 93.7 Å². The molecule has 334 valence electrons. The van der Waals surface area contributed by atoms with Crippen LogP contribution < -0.4 is 41.4 Å². The number of nitrogens with one attached hydrogen (secondary N) is 7. The van der Waals surface area contributed by atoms with Gasteiger partial charge in [-0.2, -0.15) is 0 Å². The summed E-state index contributed by atoms with van der Waals surface area (Å²) >= 11 is 0. The Hall–Kier alpha value is -7.44. The van der Waals surface area contributed by atoms with Crippen LogP contribution in [-0.2, 0) is 13.1 Å². The number of aromatic amines is 3. The van der Waals surface area contributed by atoms with Gasteiger partial charge in [-0.05, 0) is 75.2 Å². The fraction of sp³-hybridized carbons (Fsp3) is 0.319. The maximum Gasteiger partial charge on any atom is 0.248 e. The average Bonchev–Trinajstić information content (AvgIpc) is 3.96. The van der Waals surface area contributed by atoms with Crippen LogP contribution in [0, 0.1) is 0 Å². The third-order valence-electron chi connectivity index (χ3n) is 11.5. The molecule has 0 aromatic carbocycles. The highest BCUT2D eigenvalue weighted by molar-refractivity contribution is 6.01. The summed E-state index contributed by atoms with van der Waals surface area (Å²) in [6.07, 6.45) is 10.2. The zero-order valence-electron chi connectivity index (χ0n) is 37.1. The molecule has 10 rings (SSSR count). The molecule has 0 spiro atoms. The average molecular weight is 875 g/mol. The van der Waals surface area contributed by atoms with E-state index in [1.165, 1.54) is 6.33 Å². The van der Waals surface area contributed by atoms with E-state index < -0.39 is 0 Å². The SMILES string of the molecule is COc1cc(-c2c[nH]c3ncnc(NCc4cccc(N5C[C@@H](C)N[C@@H](C)C5)n4)c23)ccn1.C[C@@H]1CN(c2cccc(CNc3ncnc4[nH]cc(-c5cc[nH]c(=O)c5)c34)n2)C[C@H](C)N1. The van der Waals surface area contributed by atoms with E-state index in [1.807, 2.05) is 48.8 Å². The Labute approximate surface area is 376 Å².